The van der Waals surface area contributed by atoms with Crippen LogP contribution in [-0.4, -0.2) is 23.7 Å². The van der Waals surface area contributed by atoms with Crippen molar-refractivity contribution in [1.82, 2.24) is 10.5 Å². The van der Waals surface area contributed by atoms with Crippen LogP contribution < -0.4 is 10.6 Å². The van der Waals surface area contributed by atoms with Gasteiger partial charge in [0.25, 0.3) is 0 Å². The number of rotatable bonds is 5. The van der Waals surface area contributed by atoms with E-state index in [-0.39, 0.29) is 5.91 Å². The highest BCUT2D eigenvalue weighted by Gasteiger charge is 2.05. The molecule has 1 unspecified atom stereocenters. The van der Waals surface area contributed by atoms with Crippen molar-refractivity contribution < 1.29 is 9.32 Å². The predicted molar refractivity (Wildman–Crippen MR) is 52.9 cm³/mol. The van der Waals surface area contributed by atoms with Gasteiger partial charge in [-0.3, -0.25) is 4.79 Å². The van der Waals surface area contributed by atoms with Crippen molar-refractivity contribution in [1.29, 1.82) is 0 Å². The van der Waals surface area contributed by atoms with Crippen molar-refractivity contribution in [2.45, 2.75) is 26.3 Å². The summed E-state index contributed by atoms with van der Waals surface area (Å²) < 4.78 is 4.58. The van der Waals surface area contributed by atoms with Gasteiger partial charge in [0.15, 0.2) is 5.82 Å². The first-order valence-corrected chi connectivity index (χ1v) is 4.66. The lowest BCUT2D eigenvalue weighted by atomic mass is 10.2. The van der Waals surface area contributed by atoms with Crippen molar-refractivity contribution >= 4 is 11.7 Å². The largest absolute Gasteiger partial charge is 0.363 e. The number of carbonyl (C=O) groups is 1. The lowest BCUT2D eigenvalue weighted by molar-refractivity contribution is -0.115. The van der Waals surface area contributed by atoms with Crippen LogP contribution in [0.5, 0.6) is 0 Å². The van der Waals surface area contributed by atoms with Crippen LogP contribution in [0.4, 0.5) is 5.82 Å². The Balaban J connectivity index is 2.23. The summed E-state index contributed by atoms with van der Waals surface area (Å²) in [5.41, 5.74) is 0. The molecule has 0 radical (unpaired) electrons. The van der Waals surface area contributed by atoms with Gasteiger partial charge < -0.3 is 15.2 Å². The molecule has 0 aliphatic carbocycles. The highest BCUT2D eigenvalue weighted by molar-refractivity contribution is 5.91. The number of aromatic nitrogens is 1. The molecule has 0 aromatic carbocycles. The Bertz CT molecular complexity index is 272. The van der Waals surface area contributed by atoms with Gasteiger partial charge in [-0.05, 0) is 13.3 Å². The quantitative estimate of drug-likeness (QED) is 0.739. The second kappa shape index (κ2) is 5.39. The molecule has 0 spiro atoms. The van der Waals surface area contributed by atoms with E-state index in [0.717, 1.165) is 6.42 Å². The maximum atomic E-state index is 11.3. The van der Waals surface area contributed by atoms with E-state index in [1.54, 1.807) is 6.07 Å². The fourth-order valence-corrected chi connectivity index (χ4v) is 0.875. The zero-order valence-electron chi connectivity index (χ0n) is 8.41. The standard InChI is InChI=1S/C9H15N3O2/c1-3-7(2)10-6-9(13)11-8-4-5-14-12-8/h4-5,7,10H,3,6H2,1-2H3,(H,11,12,13). The molecule has 1 heterocycles. The number of amides is 1. The van der Waals surface area contributed by atoms with Crippen molar-refractivity contribution in [3.05, 3.63) is 12.3 Å². The molecule has 0 aliphatic heterocycles. The summed E-state index contributed by atoms with van der Waals surface area (Å²) in [5, 5.41) is 9.24. The summed E-state index contributed by atoms with van der Waals surface area (Å²) in [6.45, 7) is 4.39. The summed E-state index contributed by atoms with van der Waals surface area (Å²) in [6, 6.07) is 1.94. The van der Waals surface area contributed by atoms with Gasteiger partial charge in [-0.25, -0.2) is 0 Å². The fraction of sp³-hybridized carbons (Fsp3) is 0.556. The van der Waals surface area contributed by atoms with E-state index >= 15 is 0 Å². The average Bonchev–Trinajstić information content (AvgIpc) is 2.66. The third kappa shape index (κ3) is 3.57. The molecule has 1 aromatic heterocycles. The molecule has 0 saturated heterocycles. The number of anilines is 1. The number of nitrogens with zero attached hydrogens (tertiary/aromatic N) is 1. The Morgan fingerprint density at radius 2 is 2.50 bits per heavy atom. The Morgan fingerprint density at radius 1 is 1.71 bits per heavy atom. The summed E-state index contributed by atoms with van der Waals surface area (Å²) in [6.07, 6.45) is 2.41. The van der Waals surface area contributed by atoms with Crippen molar-refractivity contribution in [2.75, 3.05) is 11.9 Å². The molecule has 1 aromatic rings. The first kappa shape index (κ1) is 10.7. The van der Waals surface area contributed by atoms with Gasteiger partial charge in [-0.15, -0.1) is 0 Å². The number of hydrogen-bond acceptors (Lipinski definition) is 4. The van der Waals surface area contributed by atoms with E-state index in [1.165, 1.54) is 6.26 Å². The molecular weight excluding hydrogens is 182 g/mol. The summed E-state index contributed by atoms with van der Waals surface area (Å²) in [7, 11) is 0. The van der Waals surface area contributed by atoms with E-state index in [2.05, 4.69) is 27.2 Å². The SMILES string of the molecule is CCC(C)NCC(=O)Nc1ccon1. The second-order valence-electron chi connectivity index (χ2n) is 3.12. The molecule has 5 heteroatoms. The molecular formula is C9H15N3O2. The van der Waals surface area contributed by atoms with Crippen LogP contribution in [0.3, 0.4) is 0 Å². The minimum atomic E-state index is -0.112. The predicted octanol–water partition coefficient (Wildman–Crippen LogP) is 1.00. The van der Waals surface area contributed by atoms with Gasteiger partial charge in [-0.2, -0.15) is 0 Å². The van der Waals surface area contributed by atoms with Crippen molar-refractivity contribution in [3.8, 4) is 0 Å². The van der Waals surface area contributed by atoms with Gasteiger partial charge in [0.1, 0.15) is 6.26 Å². The lowest BCUT2D eigenvalue weighted by Gasteiger charge is -2.09. The molecule has 0 fully saturated rings. The van der Waals surface area contributed by atoms with E-state index in [4.69, 9.17) is 0 Å². The Morgan fingerprint density at radius 3 is 3.07 bits per heavy atom. The molecule has 78 valence electrons. The minimum absolute atomic E-state index is 0.112. The molecule has 0 aliphatic rings. The van der Waals surface area contributed by atoms with E-state index in [0.29, 0.717) is 18.4 Å². The fourth-order valence-electron chi connectivity index (χ4n) is 0.875. The Labute approximate surface area is 82.8 Å². The van der Waals surface area contributed by atoms with Crippen LogP contribution in [0.2, 0.25) is 0 Å². The van der Waals surface area contributed by atoms with Crippen LogP contribution in [0.25, 0.3) is 0 Å². The summed E-state index contributed by atoms with van der Waals surface area (Å²) >= 11 is 0. The number of hydrogen-bond donors (Lipinski definition) is 2. The Hall–Kier alpha value is -1.36. The number of carbonyl (C=O) groups excluding carboxylic acids is 1. The van der Waals surface area contributed by atoms with Gasteiger partial charge in [-0.1, -0.05) is 12.1 Å². The van der Waals surface area contributed by atoms with Gasteiger partial charge >= 0.3 is 0 Å². The third-order valence-electron chi connectivity index (χ3n) is 1.93. The maximum Gasteiger partial charge on any atom is 0.239 e. The molecule has 1 amide bonds. The summed E-state index contributed by atoms with van der Waals surface area (Å²) in [4.78, 5) is 11.3. The zero-order chi connectivity index (χ0) is 10.4. The van der Waals surface area contributed by atoms with Gasteiger partial charge in [0.05, 0.1) is 6.54 Å². The van der Waals surface area contributed by atoms with Crippen LogP contribution >= 0.6 is 0 Å². The average molecular weight is 197 g/mol. The molecule has 1 atom stereocenters. The molecule has 0 saturated carbocycles. The topological polar surface area (TPSA) is 67.2 Å². The lowest BCUT2D eigenvalue weighted by Crippen LogP contribution is -2.34. The molecule has 5 nitrogen and oxygen atoms in total. The molecule has 1 rings (SSSR count). The molecule has 14 heavy (non-hydrogen) atoms. The van der Waals surface area contributed by atoms with Gasteiger partial charge in [0.2, 0.25) is 5.91 Å². The van der Waals surface area contributed by atoms with E-state index < -0.39 is 0 Å². The first-order valence-electron chi connectivity index (χ1n) is 4.66. The molecule has 0 bridgehead atoms. The minimum Gasteiger partial charge on any atom is -0.363 e. The zero-order valence-corrected chi connectivity index (χ0v) is 8.41. The van der Waals surface area contributed by atoms with Crippen molar-refractivity contribution in [2.24, 2.45) is 0 Å². The van der Waals surface area contributed by atoms with Crippen molar-refractivity contribution in [3.63, 3.8) is 0 Å². The van der Waals surface area contributed by atoms with Gasteiger partial charge in [0, 0.05) is 12.1 Å². The number of nitrogens with one attached hydrogen (secondary N) is 2. The molecule has 2 N–H and O–H groups in total. The van der Waals surface area contributed by atoms with Crippen LogP contribution in [0.1, 0.15) is 20.3 Å². The maximum absolute atomic E-state index is 11.3. The van der Waals surface area contributed by atoms with Crippen LogP contribution in [0, 0.1) is 0 Å². The monoisotopic (exact) mass is 197 g/mol. The Kier molecular flexibility index (Phi) is 4.12. The van der Waals surface area contributed by atoms with Crippen LogP contribution in [-0.2, 0) is 4.79 Å². The summed E-state index contributed by atoms with van der Waals surface area (Å²) in [5.74, 6) is 0.333. The highest BCUT2D eigenvalue weighted by atomic mass is 16.5. The second-order valence-corrected chi connectivity index (χ2v) is 3.12. The third-order valence-corrected chi connectivity index (χ3v) is 1.93. The van der Waals surface area contributed by atoms with Crippen LogP contribution in [0.15, 0.2) is 16.9 Å². The van der Waals surface area contributed by atoms with E-state index in [1.807, 2.05) is 6.92 Å². The smallest absolute Gasteiger partial charge is 0.239 e. The normalized spacial score (nSPS) is 12.4. The highest BCUT2D eigenvalue weighted by Crippen LogP contribution is 1.99. The van der Waals surface area contributed by atoms with E-state index in [9.17, 15) is 4.79 Å². The first-order chi connectivity index (χ1) is 6.72.